The zero-order valence-corrected chi connectivity index (χ0v) is 8.64. The molecule has 0 radical (unpaired) electrons. The van der Waals surface area contributed by atoms with Gasteiger partial charge in [-0.25, -0.2) is 0 Å². The van der Waals surface area contributed by atoms with Crippen LogP contribution in [-0.2, 0) is 4.79 Å². The molecule has 0 aromatic carbocycles. The Morgan fingerprint density at radius 3 is 2.92 bits per heavy atom. The molecule has 0 aliphatic carbocycles. The lowest BCUT2D eigenvalue weighted by atomic mass is 9.92. The number of piperidine rings is 1. The van der Waals surface area contributed by atoms with Gasteiger partial charge in [-0.05, 0) is 25.8 Å². The molecule has 2 heteroatoms. The van der Waals surface area contributed by atoms with Crippen molar-refractivity contribution in [2.24, 2.45) is 5.92 Å². The summed E-state index contributed by atoms with van der Waals surface area (Å²) in [5.41, 5.74) is 0. The fourth-order valence-corrected chi connectivity index (χ4v) is 1.88. The highest BCUT2D eigenvalue weighted by Gasteiger charge is 2.19. The molecule has 1 N–H and O–H groups in total. The highest BCUT2D eigenvalue weighted by atomic mass is 16.1. The first-order valence-electron chi connectivity index (χ1n) is 5.58. The van der Waals surface area contributed by atoms with Crippen molar-refractivity contribution < 1.29 is 4.79 Å². The molecule has 1 aliphatic heterocycles. The van der Waals surface area contributed by atoms with E-state index in [1.165, 1.54) is 19.3 Å². The first-order valence-corrected chi connectivity index (χ1v) is 5.58. The molecule has 1 fully saturated rings. The van der Waals surface area contributed by atoms with Gasteiger partial charge >= 0.3 is 0 Å². The Hall–Kier alpha value is -0.370. The number of carbonyl (C=O) groups excluding carboxylic acids is 1. The Bertz CT molecular complexity index is 150. The Labute approximate surface area is 81.1 Å². The zero-order chi connectivity index (χ0) is 9.52. The molecule has 76 valence electrons. The van der Waals surface area contributed by atoms with Gasteiger partial charge in [-0.3, -0.25) is 4.79 Å². The van der Waals surface area contributed by atoms with Crippen molar-refractivity contribution in [3.63, 3.8) is 0 Å². The second kappa shape index (κ2) is 6.14. The van der Waals surface area contributed by atoms with Crippen molar-refractivity contribution in [1.82, 2.24) is 5.32 Å². The number of hydrogen-bond acceptors (Lipinski definition) is 2. The molecule has 1 aliphatic rings. The van der Waals surface area contributed by atoms with Gasteiger partial charge in [-0.2, -0.15) is 0 Å². The number of unbranched alkanes of at least 4 members (excludes halogenated alkanes) is 2. The van der Waals surface area contributed by atoms with Crippen LogP contribution in [0.5, 0.6) is 0 Å². The van der Waals surface area contributed by atoms with Crippen LogP contribution in [0.15, 0.2) is 0 Å². The lowest BCUT2D eigenvalue weighted by molar-refractivity contribution is -0.123. The predicted molar refractivity (Wildman–Crippen MR) is 54.7 cm³/mol. The molecule has 0 amide bonds. The van der Waals surface area contributed by atoms with E-state index >= 15 is 0 Å². The van der Waals surface area contributed by atoms with Crippen LogP contribution in [0.4, 0.5) is 0 Å². The largest absolute Gasteiger partial charge is 0.316 e. The lowest BCUT2D eigenvalue weighted by Crippen LogP contribution is -2.34. The van der Waals surface area contributed by atoms with Gasteiger partial charge in [0, 0.05) is 18.9 Å². The molecule has 13 heavy (non-hydrogen) atoms. The molecule has 0 spiro atoms. The number of ketones is 1. The van der Waals surface area contributed by atoms with Gasteiger partial charge in [0.05, 0.1) is 0 Å². The summed E-state index contributed by atoms with van der Waals surface area (Å²) in [6.45, 7) is 4.19. The number of hydrogen-bond donors (Lipinski definition) is 1. The highest BCUT2D eigenvalue weighted by molar-refractivity contribution is 5.81. The monoisotopic (exact) mass is 183 g/mol. The molecule has 1 heterocycles. The molecular weight excluding hydrogens is 162 g/mol. The van der Waals surface area contributed by atoms with Crippen molar-refractivity contribution in [3.05, 3.63) is 0 Å². The Morgan fingerprint density at radius 1 is 1.46 bits per heavy atom. The van der Waals surface area contributed by atoms with Crippen LogP contribution < -0.4 is 5.32 Å². The number of rotatable bonds is 5. The maximum Gasteiger partial charge on any atom is 0.137 e. The summed E-state index contributed by atoms with van der Waals surface area (Å²) in [5.74, 6) is 0.811. The van der Waals surface area contributed by atoms with Crippen molar-refractivity contribution in [2.45, 2.75) is 45.4 Å². The molecule has 2 nitrogen and oxygen atoms in total. The van der Waals surface area contributed by atoms with Crippen molar-refractivity contribution in [3.8, 4) is 0 Å². The van der Waals surface area contributed by atoms with Crippen LogP contribution in [0.2, 0.25) is 0 Å². The number of carbonyl (C=O) groups is 1. The van der Waals surface area contributed by atoms with Gasteiger partial charge in [0.25, 0.3) is 0 Å². The molecule has 1 saturated heterocycles. The van der Waals surface area contributed by atoms with Gasteiger partial charge in [-0.15, -0.1) is 0 Å². The smallest absolute Gasteiger partial charge is 0.137 e. The summed E-state index contributed by atoms with van der Waals surface area (Å²) >= 11 is 0. The second-order valence-electron chi connectivity index (χ2n) is 3.97. The molecule has 0 bridgehead atoms. The van der Waals surface area contributed by atoms with Crippen LogP contribution in [0.1, 0.15) is 45.4 Å². The standard InChI is InChI=1S/C11H21NO/c1-2-3-4-7-11(13)10-6-5-8-12-9-10/h10,12H,2-9H2,1H3. The van der Waals surface area contributed by atoms with Gasteiger partial charge in [-0.1, -0.05) is 19.8 Å². The first kappa shape index (κ1) is 10.7. The molecule has 0 aromatic rings. The van der Waals surface area contributed by atoms with Gasteiger partial charge in [0.2, 0.25) is 0 Å². The van der Waals surface area contributed by atoms with Crippen LogP contribution in [0.25, 0.3) is 0 Å². The number of Topliss-reactive ketones (excluding diaryl/α,β-unsaturated/α-hetero) is 1. The van der Waals surface area contributed by atoms with Crippen LogP contribution >= 0.6 is 0 Å². The minimum absolute atomic E-state index is 0.325. The summed E-state index contributed by atoms with van der Waals surface area (Å²) in [6.07, 6.45) is 6.58. The number of nitrogens with one attached hydrogen (secondary N) is 1. The summed E-state index contributed by atoms with van der Waals surface area (Å²) in [4.78, 5) is 11.6. The Kier molecular flexibility index (Phi) is 5.06. The molecule has 0 saturated carbocycles. The van der Waals surface area contributed by atoms with E-state index in [4.69, 9.17) is 0 Å². The molecule has 1 rings (SSSR count). The molecular formula is C11H21NO. The van der Waals surface area contributed by atoms with E-state index in [1.54, 1.807) is 0 Å². The Balaban J connectivity index is 2.13. The molecule has 1 atom stereocenters. The van der Waals surface area contributed by atoms with Crippen molar-refractivity contribution in [1.29, 1.82) is 0 Å². The van der Waals surface area contributed by atoms with Crippen molar-refractivity contribution in [2.75, 3.05) is 13.1 Å². The third-order valence-electron chi connectivity index (χ3n) is 2.78. The minimum Gasteiger partial charge on any atom is -0.316 e. The average molecular weight is 183 g/mol. The van der Waals surface area contributed by atoms with Crippen LogP contribution in [-0.4, -0.2) is 18.9 Å². The van der Waals surface area contributed by atoms with Crippen molar-refractivity contribution >= 4 is 5.78 Å². The maximum absolute atomic E-state index is 11.6. The van der Waals surface area contributed by atoms with Gasteiger partial charge in [0.1, 0.15) is 5.78 Å². The fourth-order valence-electron chi connectivity index (χ4n) is 1.88. The van der Waals surface area contributed by atoms with E-state index in [0.29, 0.717) is 11.7 Å². The minimum atomic E-state index is 0.325. The SMILES string of the molecule is CCCCCC(=O)C1CCCNC1. The van der Waals surface area contributed by atoms with Gasteiger partial charge < -0.3 is 5.32 Å². The lowest BCUT2D eigenvalue weighted by Gasteiger charge is -2.21. The average Bonchev–Trinajstić information content (AvgIpc) is 2.19. The summed E-state index contributed by atoms with van der Waals surface area (Å²) < 4.78 is 0. The van der Waals surface area contributed by atoms with E-state index in [0.717, 1.165) is 32.4 Å². The first-order chi connectivity index (χ1) is 6.34. The highest BCUT2D eigenvalue weighted by Crippen LogP contribution is 2.14. The predicted octanol–water partition coefficient (Wildman–Crippen LogP) is 2.14. The van der Waals surface area contributed by atoms with Crippen LogP contribution in [0, 0.1) is 5.92 Å². The van der Waals surface area contributed by atoms with E-state index in [9.17, 15) is 4.79 Å². The maximum atomic E-state index is 11.6. The quantitative estimate of drug-likeness (QED) is 0.662. The molecule has 0 aromatic heterocycles. The third kappa shape index (κ3) is 3.90. The third-order valence-corrected chi connectivity index (χ3v) is 2.78. The summed E-state index contributed by atoms with van der Waals surface area (Å²) in [6, 6.07) is 0. The van der Waals surface area contributed by atoms with E-state index < -0.39 is 0 Å². The fraction of sp³-hybridized carbons (Fsp3) is 0.909. The topological polar surface area (TPSA) is 29.1 Å². The molecule has 1 unspecified atom stereocenters. The van der Waals surface area contributed by atoms with Gasteiger partial charge in [0.15, 0.2) is 0 Å². The zero-order valence-electron chi connectivity index (χ0n) is 8.64. The summed E-state index contributed by atoms with van der Waals surface area (Å²) in [7, 11) is 0. The van der Waals surface area contributed by atoms with E-state index in [-0.39, 0.29) is 0 Å². The van der Waals surface area contributed by atoms with E-state index in [2.05, 4.69) is 12.2 Å². The van der Waals surface area contributed by atoms with E-state index in [1.807, 2.05) is 0 Å². The summed E-state index contributed by atoms with van der Waals surface area (Å²) in [5, 5.41) is 3.29. The second-order valence-corrected chi connectivity index (χ2v) is 3.97. The normalized spacial score (nSPS) is 23.0. The van der Waals surface area contributed by atoms with Crippen LogP contribution in [0.3, 0.4) is 0 Å². The Morgan fingerprint density at radius 2 is 2.31 bits per heavy atom.